The van der Waals surface area contributed by atoms with E-state index in [2.05, 4.69) is 9.97 Å². The van der Waals surface area contributed by atoms with Crippen molar-refractivity contribution in [3.05, 3.63) is 18.1 Å². The molecule has 1 atom stereocenters. The van der Waals surface area contributed by atoms with Gasteiger partial charge in [-0.2, -0.15) is 0 Å². The van der Waals surface area contributed by atoms with Gasteiger partial charge in [0.25, 0.3) is 0 Å². The minimum atomic E-state index is -3.15. The topological polar surface area (TPSA) is 112 Å². The Balaban J connectivity index is 2.80. The number of carbonyl (C=O) groups excluding carboxylic acids is 1. The summed E-state index contributed by atoms with van der Waals surface area (Å²) in [6.07, 6.45) is 3.86. The van der Waals surface area contributed by atoms with Crippen molar-refractivity contribution in [2.75, 3.05) is 19.1 Å². The summed E-state index contributed by atoms with van der Waals surface area (Å²) >= 11 is 0. The molecule has 0 aliphatic carbocycles. The Morgan fingerprint density at radius 1 is 1.44 bits per heavy atom. The fraction of sp³-hybridized carbons (Fsp3) is 0.500. The zero-order valence-electron chi connectivity index (χ0n) is 10.2. The first kappa shape index (κ1) is 14.5. The first-order valence-corrected chi connectivity index (χ1v) is 7.23. The normalized spacial score (nSPS) is 13.1. The Labute approximate surface area is 105 Å². The SMILES string of the molecule is COc1nccnc1C(=O)C(N)CCS(C)(=O)=O. The summed E-state index contributed by atoms with van der Waals surface area (Å²) in [6.45, 7) is 0. The van der Waals surface area contributed by atoms with Gasteiger partial charge in [0, 0.05) is 18.6 Å². The summed E-state index contributed by atoms with van der Waals surface area (Å²) in [6, 6.07) is -0.940. The molecule has 7 nitrogen and oxygen atoms in total. The molecular formula is C10H15N3O4S. The third-order valence-electron chi connectivity index (χ3n) is 2.23. The molecule has 1 unspecified atom stereocenters. The van der Waals surface area contributed by atoms with Gasteiger partial charge in [0.2, 0.25) is 11.7 Å². The van der Waals surface area contributed by atoms with E-state index in [1.54, 1.807) is 0 Å². The van der Waals surface area contributed by atoms with Gasteiger partial charge in [-0.05, 0) is 6.42 Å². The maximum absolute atomic E-state index is 11.9. The van der Waals surface area contributed by atoms with Crippen LogP contribution >= 0.6 is 0 Å². The number of methoxy groups -OCH3 is 1. The highest BCUT2D eigenvalue weighted by Gasteiger charge is 2.22. The average Bonchev–Trinajstić information content (AvgIpc) is 2.34. The number of Topliss-reactive ketones (excluding diaryl/α,β-unsaturated/α-hetero) is 1. The van der Waals surface area contributed by atoms with Crippen LogP contribution in [-0.4, -0.2) is 49.3 Å². The summed E-state index contributed by atoms with van der Waals surface area (Å²) in [7, 11) is -1.79. The summed E-state index contributed by atoms with van der Waals surface area (Å²) in [5.41, 5.74) is 5.66. The van der Waals surface area contributed by atoms with Gasteiger partial charge in [-0.25, -0.2) is 18.4 Å². The molecule has 0 aromatic carbocycles. The number of nitrogens with zero attached hydrogens (tertiary/aromatic N) is 2. The molecule has 18 heavy (non-hydrogen) atoms. The van der Waals surface area contributed by atoms with Gasteiger partial charge in [0.15, 0.2) is 5.69 Å². The minimum Gasteiger partial charge on any atom is -0.479 e. The van der Waals surface area contributed by atoms with Crippen molar-refractivity contribution in [2.24, 2.45) is 5.73 Å². The minimum absolute atomic E-state index is 0.0148. The van der Waals surface area contributed by atoms with Crippen molar-refractivity contribution in [1.29, 1.82) is 0 Å². The maximum Gasteiger partial charge on any atom is 0.243 e. The van der Waals surface area contributed by atoms with Crippen LogP contribution in [0.2, 0.25) is 0 Å². The van der Waals surface area contributed by atoms with E-state index in [-0.39, 0.29) is 23.7 Å². The average molecular weight is 273 g/mol. The van der Waals surface area contributed by atoms with Gasteiger partial charge >= 0.3 is 0 Å². The highest BCUT2D eigenvalue weighted by atomic mass is 32.2. The highest BCUT2D eigenvalue weighted by Crippen LogP contribution is 2.13. The van der Waals surface area contributed by atoms with E-state index >= 15 is 0 Å². The van der Waals surface area contributed by atoms with Crippen LogP contribution < -0.4 is 10.5 Å². The van der Waals surface area contributed by atoms with E-state index in [0.717, 1.165) is 6.26 Å². The Hall–Kier alpha value is -1.54. The first-order valence-electron chi connectivity index (χ1n) is 5.17. The van der Waals surface area contributed by atoms with E-state index in [1.807, 2.05) is 0 Å². The molecule has 0 fully saturated rings. The fourth-order valence-electron chi connectivity index (χ4n) is 1.29. The number of ether oxygens (including phenoxy) is 1. The van der Waals surface area contributed by atoms with Crippen LogP contribution in [0, 0.1) is 0 Å². The lowest BCUT2D eigenvalue weighted by molar-refractivity contribution is 0.0950. The van der Waals surface area contributed by atoms with Crippen molar-refractivity contribution in [1.82, 2.24) is 9.97 Å². The molecule has 0 aliphatic rings. The number of sulfone groups is 1. The summed E-state index contributed by atoms with van der Waals surface area (Å²) in [5, 5.41) is 0. The van der Waals surface area contributed by atoms with E-state index in [1.165, 1.54) is 19.5 Å². The molecule has 100 valence electrons. The van der Waals surface area contributed by atoms with E-state index in [9.17, 15) is 13.2 Å². The molecule has 1 rings (SSSR count). The summed E-state index contributed by atoms with van der Waals surface area (Å²) < 4.78 is 26.9. The van der Waals surface area contributed by atoms with Gasteiger partial charge in [-0.15, -0.1) is 0 Å². The molecule has 0 amide bonds. The Bertz CT molecular complexity index is 530. The highest BCUT2D eigenvalue weighted by molar-refractivity contribution is 7.90. The molecule has 0 bridgehead atoms. The molecule has 0 saturated heterocycles. The molecule has 0 saturated carbocycles. The predicted octanol–water partition coefficient (Wildman–Crippen LogP) is -0.570. The Morgan fingerprint density at radius 2 is 2.06 bits per heavy atom. The quantitative estimate of drug-likeness (QED) is 0.690. The molecule has 1 aromatic rings. The molecule has 0 radical (unpaired) electrons. The number of hydrogen-bond acceptors (Lipinski definition) is 7. The van der Waals surface area contributed by atoms with Crippen molar-refractivity contribution < 1.29 is 17.9 Å². The Kier molecular flexibility index (Phi) is 4.74. The second-order valence-electron chi connectivity index (χ2n) is 3.80. The number of nitrogens with two attached hydrogens (primary N) is 1. The summed E-state index contributed by atoms with van der Waals surface area (Å²) in [4.78, 5) is 19.6. The lowest BCUT2D eigenvalue weighted by Crippen LogP contribution is -2.33. The van der Waals surface area contributed by atoms with Crippen LogP contribution in [-0.2, 0) is 9.84 Å². The number of hydrogen-bond donors (Lipinski definition) is 1. The van der Waals surface area contributed by atoms with Gasteiger partial charge < -0.3 is 10.5 Å². The number of ketones is 1. The summed E-state index contributed by atoms with van der Waals surface area (Å²) in [5.74, 6) is -0.552. The molecule has 0 spiro atoms. The lowest BCUT2D eigenvalue weighted by Gasteiger charge is -2.10. The lowest BCUT2D eigenvalue weighted by atomic mass is 10.1. The van der Waals surface area contributed by atoms with Crippen LogP contribution in [0.1, 0.15) is 16.9 Å². The molecule has 8 heteroatoms. The van der Waals surface area contributed by atoms with Crippen LogP contribution in [0.4, 0.5) is 0 Å². The third kappa shape index (κ3) is 4.04. The van der Waals surface area contributed by atoms with Crippen molar-refractivity contribution >= 4 is 15.6 Å². The fourth-order valence-corrected chi connectivity index (χ4v) is 1.97. The predicted molar refractivity (Wildman–Crippen MR) is 65.2 cm³/mol. The van der Waals surface area contributed by atoms with E-state index in [4.69, 9.17) is 10.5 Å². The smallest absolute Gasteiger partial charge is 0.243 e. The van der Waals surface area contributed by atoms with E-state index in [0.29, 0.717) is 0 Å². The van der Waals surface area contributed by atoms with Gasteiger partial charge in [-0.1, -0.05) is 0 Å². The zero-order chi connectivity index (χ0) is 13.8. The first-order chi connectivity index (χ1) is 8.35. The Morgan fingerprint density at radius 3 is 2.61 bits per heavy atom. The molecule has 0 aliphatic heterocycles. The standard InChI is InChI=1S/C10H15N3O4S/c1-17-10-8(12-4-5-13-10)9(14)7(11)3-6-18(2,15)16/h4-5,7H,3,6,11H2,1-2H3. The number of carbonyl (C=O) groups is 1. The molecular weight excluding hydrogens is 258 g/mol. The van der Waals surface area contributed by atoms with Crippen molar-refractivity contribution in [3.63, 3.8) is 0 Å². The van der Waals surface area contributed by atoms with Crippen molar-refractivity contribution in [2.45, 2.75) is 12.5 Å². The van der Waals surface area contributed by atoms with Crippen LogP contribution in [0.25, 0.3) is 0 Å². The molecule has 2 N–H and O–H groups in total. The molecule has 1 heterocycles. The zero-order valence-corrected chi connectivity index (χ0v) is 11.0. The largest absolute Gasteiger partial charge is 0.479 e. The number of rotatable bonds is 6. The van der Waals surface area contributed by atoms with Crippen LogP contribution in [0.3, 0.4) is 0 Å². The second-order valence-corrected chi connectivity index (χ2v) is 6.06. The molecule has 1 aromatic heterocycles. The van der Waals surface area contributed by atoms with E-state index < -0.39 is 21.7 Å². The van der Waals surface area contributed by atoms with Crippen LogP contribution in [0.15, 0.2) is 12.4 Å². The van der Waals surface area contributed by atoms with Crippen molar-refractivity contribution in [3.8, 4) is 5.88 Å². The second kappa shape index (κ2) is 5.87. The maximum atomic E-state index is 11.9. The van der Waals surface area contributed by atoms with Crippen LogP contribution in [0.5, 0.6) is 5.88 Å². The number of aromatic nitrogens is 2. The monoisotopic (exact) mass is 273 g/mol. The third-order valence-corrected chi connectivity index (χ3v) is 3.21. The van der Waals surface area contributed by atoms with Gasteiger partial charge in [-0.3, -0.25) is 4.79 Å². The van der Waals surface area contributed by atoms with Gasteiger partial charge in [0.1, 0.15) is 9.84 Å². The van der Waals surface area contributed by atoms with Gasteiger partial charge in [0.05, 0.1) is 18.9 Å².